The largest absolute Gasteiger partial charge is 0.349 e. The van der Waals surface area contributed by atoms with E-state index in [9.17, 15) is 9.18 Å². The van der Waals surface area contributed by atoms with Crippen molar-refractivity contribution in [2.75, 3.05) is 0 Å². The third-order valence-electron chi connectivity index (χ3n) is 2.98. The SMILES string of the molecule is C[C@H](NC(=O)Cc1cccc(F)c1)c1cccc(Cl)c1. The van der Waals surface area contributed by atoms with Crippen molar-refractivity contribution in [3.05, 3.63) is 70.5 Å². The van der Waals surface area contributed by atoms with Crippen LogP contribution in [0.15, 0.2) is 48.5 Å². The van der Waals surface area contributed by atoms with Crippen LogP contribution < -0.4 is 5.32 Å². The van der Waals surface area contributed by atoms with E-state index in [1.165, 1.54) is 12.1 Å². The third-order valence-corrected chi connectivity index (χ3v) is 3.21. The van der Waals surface area contributed by atoms with Crippen LogP contribution in [0.5, 0.6) is 0 Å². The molecule has 1 N–H and O–H groups in total. The second kappa shape index (κ2) is 6.53. The summed E-state index contributed by atoms with van der Waals surface area (Å²) in [6.45, 7) is 1.88. The van der Waals surface area contributed by atoms with Gasteiger partial charge >= 0.3 is 0 Å². The van der Waals surface area contributed by atoms with Gasteiger partial charge < -0.3 is 5.32 Å². The van der Waals surface area contributed by atoms with Gasteiger partial charge in [0.2, 0.25) is 5.91 Å². The Balaban J connectivity index is 1.97. The zero-order valence-electron chi connectivity index (χ0n) is 11.1. The number of hydrogen-bond acceptors (Lipinski definition) is 1. The Morgan fingerprint density at radius 1 is 1.25 bits per heavy atom. The van der Waals surface area contributed by atoms with Gasteiger partial charge in [0, 0.05) is 5.02 Å². The molecule has 2 nitrogen and oxygen atoms in total. The second-order valence-electron chi connectivity index (χ2n) is 4.65. The van der Waals surface area contributed by atoms with E-state index in [2.05, 4.69) is 5.32 Å². The van der Waals surface area contributed by atoms with E-state index in [4.69, 9.17) is 11.6 Å². The van der Waals surface area contributed by atoms with Crippen molar-refractivity contribution in [1.29, 1.82) is 0 Å². The number of nitrogens with one attached hydrogen (secondary N) is 1. The first-order valence-electron chi connectivity index (χ1n) is 6.34. The van der Waals surface area contributed by atoms with Gasteiger partial charge in [-0.25, -0.2) is 4.39 Å². The molecule has 0 aromatic heterocycles. The van der Waals surface area contributed by atoms with Crippen LogP contribution in [0.25, 0.3) is 0 Å². The Morgan fingerprint density at radius 3 is 2.70 bits per heavy atom. The Bertz CT molecular complexity index is 615. The normalized spacial score (nSPS) is 11.9. The molecule has 0 aliphatic rings. The van der Waals surface area contributed by atoms with Crippen molar-refractivity contribution < 1.29 is 9.18 Å². The lowest BCUT2D eigenvalue weighted by molar-refractivity contribution is -0.121. The van der Waals surface area contributed by atoms with Gasteiger partial charge in [-0.2, -0.15) is 0 Å². The minimum Gasteiger partial charge on any atom is -0.349 e. The first kappa shape index (κ1) is 14.5. The Morgan fingerprint density at radius 2 is 2.00 bits per heavy atom. The number of carbonyl (C=O) groups is 1. The van der Waals surface area contributed by atoms with E-state index in [0.29, 0.717) is 10.6 Å². The quantitative estimate of drug-likeness (QED) is 0.909. The maximum absolute atomic E-state index is 13.0. The average Bonchev–Trinajstić information content (AvgIpc) is 2.38. The standard InChI is InChI=1S/C16H15ClFNO/c1-11(13-5-3-6-14(17)10-13)19-16(20)9-12-4-2-7-15(18)8-12/h2-8,10-11H,9H2,1H3,(H,19,20)/t11-/m0/s1. The number of benzene rings is 2. The van der Waals surface area contributed by atoms with Gasteiger partial charge in [0.05, 0.1) is 12.5 Å². The van der Waals surface area contributed by atoms with Gasteiger partial charge in [-0.15, -0.1) is 0 Å². The smallest absolute Gasteiger partial charge is 0.224 e. The summed E-state index contributed by atoms with van der Waals surface area (Å²) in [7, 11) is 0. The fourth-order valence-electron chi connectivity index (χ4n) is 1.98. The molecule has 0 radical (unpaired) electrons. The lowest BCUT2D eigenvalue weighted by Gasteiger charge is -2.14. The lowest BCUT2D eigenvalue weighted by Crippen LogP contribution is -2.28. The maximum Gasteiger partial charge on any atom is 0.224 e. The molecule has 0 unspecified atom stereocenters. The molecule has 2 rings (SSSR count). The minimum absolute atomic E-state index is 0.144. The molecule has 0 fully saturated rings. The first-order valence-corrected chi connectivity index (χ1v) is 6.71. The number of hydrogen-bond donors (Lipinski definition) is 1. The summed E-state index contributed by atoms with van der Waals surface area (Å²) < 4.78 is 13.0. The van der Waals surface area contributed by atoms with E-state index in [-0.39, 0.29) is 24.2 Å². The summed E-state index contributed by atoms with van der Waals surface area (Å²) in [5.74, 6) is -0.485. The van der Waals surface area contributed by atoms with E-state index in [1.54, 1.807) is 18.2 Å². The van der Waals surface area contributed by atoms with Crippen molar-refractivity contribution in [3.8, 4) is 0 Å². The highest BCUT2D eigenvalue weighted by Crippen LogP contribution is 2.17. The van der Waals surface area contributed by atoms with Gasteiger partial charge in [0.25, 0.3) is 0 Å². The molecule has 104 valence electrons. The van der Waals surface area contributed by atoms with Gasteiger partial charge in [0.1, 0.15) is 5.82 Å². The average molecular weight is 292 g/mol. The molecule has 1 atom stereocenters. The maximum atomic E-state index is 13.0. The molecule has 20 heavy (non-hydrogen) atoms. The Labute approximate surface area is 122 Å². The molecule has 2 aromatic rings. The first-order chi connectivity index (χ1) is 9.54. The highest BCUT2D eigenvalue weighted by atomic mass is 35.5. The zero-order valence-corrected chi connectivity index (χ0v) is 11.8. The fourth-order valence-corrected chi connectivity index (χ4v) is 2.18. The van der Waals surface area contributed by atoms with Crippen molar-refractivity contribution in [3.63, 3.8) is 0 Å². The summed E-state index contributed by atoms with van der Waals surface area (Å²) in [5.41, 5.74) is 1.59. The molecule has 2 aromatic carbocycles. The molecule has 0 saturated heterocycles. The Hall–Kier alpha value is -1.87. The zero-order chi connectivity index (χ0) is 14.5. The molecular formula is C16H15ClFNO. The highest BCUT2D eigenvalue weighted by molar-refractivity contribution is 6.30. The van der Waals surface area contributed by atoms with E-state index < -0.39 is 0 Å². The van der Waals surface area contributed by atoms with Gasteiger partial charge in [0.15, 0.2) is 0 Å². The van der Waals surface area contributed by atoms with Crippen LogP contribution in [0.2, 0.25) is 5.02 Å². The van der Waals surface area contributed by atoms with Crippen molar-refractivity contribution in [2.45, 2.75) is 19.4 Å². The van der Waals surface area contributed by atoms with Crippen molar-refractivity contribution in [1.82, 2.24) is 5.32 Å². The summed E-state index contributed by atoms with van der Waals surface area (Å²) in [5, 5.41) is 3.50. The van der Waals surface area contributed by atoms with Crippen molar-refractivity contribution >= 4 is 17.5 Å². The van der Waals surface area contributed by atoms with Crippen LogP contribution >= 0.6 is 11.6 Å². The van der Waals surface area contributed by atoms with Gasteiger partial charge in [-0.05, 0) is 42.3 Å². The second-order valence-corrected chi connectivity index (χ2v) is 5.09. The molecule has 0 heterocycles. The highest BCUT2D eigenvalue weighted by Gasteiger charge is 2.10. The number of rotatable bonds is 4. The molecule has 0 aliphatic carbocycles. The third kappa shape index (κ3) is 4.07. The minimum atomic E-state index is -0.335. The molecule has 0 aliphatic heterocycles. The van der Waals surface area contributed by atoms with Crippen LogP contribution in [0.4, 0.5) is 4.39 Å². The van der Waals surface area contributed by atoms with E-state index in [0.717, 1.165) is 5.56 Å². The van der Waals surface area contributed by atoms with Crippen LogP contribution in [-0.4, -0.2) is 5.91 Å². The van der Waals surface area contributed by atoms with Gasteiger partial charge in [-0.1, -0.05) is 35.9 Å². The molecule has 0 bridgehead atoms. The van der Waals surface area contributed by atoms with Gasteiger partial charge in [-0.3, -0.25) is 4.79 Å². The Kier molecular flexibility index (Phi) is 4.74. The van der Waals surface area contributed by atoms with Crippen molar-refractivity contribution in [2.24, 2.45) is 0 Å². The summed E-state index contributed by atoms with van der Waals surface area (Å²) >= 11 is 5.92. The number of amides is 1. The lowest BCUT2D eigenvalue weighted by atomic mass is 10.1. The molecule has 4 heteroatoms. The summed E-state index contributed by atoms with van der Waals surface area (Å²) in [6, 6.07) is 13.2. The van der Waals surface area contributed by atoms with Crippen LogP contribution in [0, 0.1) is 5.82 Å². The molecule has 1 amide bonds. The molecule has 0 saturated carbocycles. The van der Waals surface area contributed by atoms with Crippen LogP contribution in [0.3, 0.4) is 0 Å². The predicted molar refractivity (Wildman–Crippen MR) is 78.1 cm³/mol. The summed E-state index contributed by atoms with van der Waals surface area (Å²) in [6.07, 6.45) is 0.155. The monoisotopic (exact) mass is 291 g/mol. The van der Waals surface area contributed by atoms with Crippen LogP contribution in [0.1, 0.15) is 24.1 Å². The predicted octanol–water partition coefficient (Wildman–Crippen LogP) is 3.90. The van der Waals surface area contributed by atoms with E-state index >= 15 is 0 Å². The molecule has 0 spiro atoms. The fraction of sp³-hybridized carbons (Fsp3) is 0.188. The van der Waals surface area contributed by atoms with Crippen LogP contribution in [-0.2, 0) is 11.2 Å². The topological polar surface area (TPSA) is 29.1 Å². The number of halogens is 2. The van der Waals surface area contributed by atoms with E-state index in [1.807, 2.05) is 25.1 Å². The number of carbonyl (C=O) groups excluding carboxylic acids is 1. The summed E-state index contributed by atoms with van der Waals surface area (Å²) in [4.78, 5) is 11.9. The molecular weight excluding hydrogens is 277 g/mol.